The van der Waals surface area contributed by atoms with Crippen molar-refractivity contribution in [3.05, 3.63) is 39.5 Å². The van der Waals surface area contributed by atoms with E-state index in [-0.39, 0.29) is 0 Å². The average molecular weight is 358 g/mol. The molecule has 0 bridgehead atoms. The van der Waals surface area contributed by atoms with Crippen LogP contribution in [0.4, 0.5) is 0 Å². The second-order valence-electron chi connectivity index (χ2n) is 5.06. The topological polar surface area (TPSA) is 9.23 Å². The molecule has 0 aromatic heterocycles. The SMILES string of the molecule is CC(C)=CCC[C@H](C)CCOc1ccc(I)cc1. The maximum Gasteiger partial charge on any atom is 0.119 e. The predicted octanol–water partition coefficient (Wildman–Crippen LogP) is 5.44. The predicted molar refractivity (Wildman–Crippen MR) is 87.1 cm³/mol. The fraction of sp³-hybridized carbons (Fsp3) is 0.500. The van der Waals surface area contributed by atoms with Crippen molar-refractivity contribution in [2.75, 3.05) is 6.61 Å². The van der Waals surface area contributed by atoms with Gasteiger partial charge in [-0.2, -0.15) is 0 Å². The third-order valence-electron chi connectivity index (χ3n) is 2.91. The number of hydrogen-bond acceptors (Lipinski definition) is 1. The number of benzene rings is 1. The fourth-order valence-electron chi connectivity index (χ4n) is 1.71. The first kappa shape index (κ1) is 15.5. The van der Waals surface area contributed by atoms with Crippen LogP contribution in [-0.2, 0) is 0 Å². The van der Waals surface area contributed by atoms with Crippen LogP contribution in [0.2, 0.25) is 0 Å². The van der Waals surface area contributed by atoms with Crippen molar-refractivity contribution < 1.29 is 4.74 Å². The van der Waals surface area contributed by atoms with Crippen molar-refractivity contribution in [1.29, 1.82) is 0 Å². The normalized spacial score (nSPS) is 12.0. The molecule has 1 atom stereocenters. The highest BCUT2D eigenvalue weighted by Gasteiger charge is 2.02. The molecule has 0 saturated carbocycles. The molecule has 0 aliphatic heterocycles. The highest BCUT2D eigenvalue weighted by molar-refractivity contribution is 14.1. The van der Waals surface area contributed by atoms with Gasteiger partial charge in [0.25, 0.3) is 0 Å². The van der Waals surface area contributed by atoms with Crippen LogP contribution in [-0.4, -0.2) is 6.61 Å². The summed E-state index contributed by atoms with van der Waals surface area (Å²) in [6.07, 6.45) is 5.88. The Morgan fingerprint density at radius 2 is 1.89 bits per heavy atom. The molecule has 0 fully saturated rings. The molecule has 2 heteroatoms. The first-order chi connectivity index (χ1) is 8.58. The molecule has 0 N–H and O–H groups in total. The van der Waals surface area contributed by atoms with Gasteiger partial charge in [-0.3, -0.25) is 0 Å². The van der Waals surface area contributed by atoms with Gasteiger partial charge in [0.15, 0.2) is 0 Å². The first-order valence-corrected chi connectivity index (χ1v) is 7.67. The fourth-order valence-corrected chi connectivity index (χ4v) is 2.07. The summed E-state index contributed by atoms with van der Waals surface area (Å²) in [7, 11) is 0. The lowest BCUT2D eigenvalue weighted by atomic mass is 10.0. The third kappa shape index (κ3) is 7.04. The van der Waals surface area contributed by atoms with Crippen LogP contribution in [0.15, 0.2) is 35.9 Å². The second kappa shape index (κ2) is 8.57. The van der Waals surface area contributed by atoms with E-state index in [1.807, 2.05) is 12.1 Å². The van der Waals surface area contributed by atoms with Gasteiger partial charge in [0.2, 0.25) is 0 Å². The van der Waals surface area contributed by atoms with Gasteiger partial charge in [0.1, 0.15) is 5.75 Å². The summed E-state index contributed by atoms with van der Waals surface area (Å²) >= 11 is 2.30. The number of rotatable bonds is 7. The number of hydrogen-bond donors (Lipinski definition) is 0. The summed E-state index contributed by atoms with van der Waals surface area (Å²) in [4.78, 5) is 0. The molecule has 0 saturated heterocycles. The minimum Gasteiger partial charge on any atom is -0.494 e. The second-order valence-corrected chi connectivity index (χ2v) is 6.30. The molecule has 100 valence electrons. The number of allylic oxidation sites excluding steroid dienone is 2. The van der Waals surface area contributed by atoms with Crippen molar-refractivity contribution in [1.82, 2.24) is 0 Å². The van der Waals surface area contributed by atoms with E-state index in [4.69, 9.17) is 4.74 Å². The van der Waals surface area contributed by atoms with Gasteiger partial charge in [0, 0.05) is 3.57 Å². The molecular formula is C16H23IO. The van der Waals surface area contributed by atoms with Crippen LogP contribution in [0.25, 0.3) is 0 Å². The van der Waals surface area contributed by atoms with Gasteiger partial charge < -0.3 is 4.74 Å². The average Bonchev–Trinajstić information content (AvgIpc) is 2.31. The summed E-state index contributed by atoms with van der Waals surface area (Å²) in [5.74, 6) is 1.70. The summed E-state index contributed by atoms with van der Waals surface area (Å²) in [6.45, 7) is 7.43. The van der Waals surface area contributed by atoms with E-state index in [9.17, 15) is 0 Å². The first-order valence-electron chi connectivity index (χ1n) is 6.59. The largest absolute Gasteiger partial charge is 0.494 e. The molecule has 0 amide bonds. The molecular weight excluding hydrogens is 335 g/mol. The Morgan fingerprint density at radius 1 is 1.22 bits per heavy atom. The van der Waals surface area contributed by atoms with E-state index in [0.717, 1.165) is 24.7 Å². The molecule has 18 heavy (non-hydrogen) atoms. The quantitative estimate of drug-likeness (QED) is 0.466. The minimum atomic E-state index is 0.726. The molecule has 1 aromatic rings. The van der Waals surface area contributed by atoms with Crippen LogP contribution in [0.3, 0.4) is 0 Å². The highest BCUT2D eigenvalue weighted by Crippen LogP contribution is 2.16. The Kier molecular flexibility index (Phi) is 7.40. The maximum absolute atomic E-state index is 5.74. The van der Waals surface area contributed by atoms with Crippen molar-refractivity contribution in [3.8, 4) is 5.75 Å². The van der Waals surface area contributed by atoms with Crippen LogP contribution >= 0.6 is 22.6 Å². The number of halogens is 1. The van der Waals surface area contributed by atoms with Gasteiger partial charge >= 0.3 is 0 Å². The molecule has 0 aliphatic rings. The maximum atomic E-state index is 5.74. The Bertz CT molecular complexity index is 363. The van der Waals surface area contributed by atoms with Gasteiger partial charge in [-0.05, 0) is 85.9 Å². The van der Waals surface area contributed by atoms with Crippen LogP contribution in [0.1, 0.15) is 40.0 Å². The van der Waals surface area contributed by atoms with E-state index in [1.54, 1.807) is 0 Å². The summed E-state index contributed by atoms with van der Waals surface area (Å²) in [5.41, 5.74) is 1.41. The molecule has 1 aromatic carbocycles. The lowest BCUT2D eigenvalue weighted by Gasteiger charge is -2.11. The zero-order valence-corrected chi connectivity index (χ0v) is 13.7. The van der Waals surface area contributed by atoms with E-state index >= 15 is 0 Å². The van der Waals surface area contributed by atoms with Gasteiger partial charge in [-0.25, -0.2) is 0 Å². The zero-order valence-electron chi connectivity index (χ0n) is 11.6. The van der Waals surface area contributed by atoms with Gasteiger partial charge in [-0.1, -0.05) is 18.6 Å². The van der Waals surface area contributed by atoms with Crippen LogP contribution < -0.4 is 4.74 Å². The third-order valence-corrected chi connectivity index (χ3v) is 3.62. The molecule has 0 radical (unpaired) electrons. The molecule has 1 rings (SSSR count). The summed E-state index contributed by atoms with van der Waals surface area (Å²) < 4.78 is 6.99. The Labute approximate surface area is 125 Å². The number of ether oxygens (including phenoxy) is 1. The molecule has 0 aliphatic carbocycles. The lowest BCUT2D eigenvalue weighted by Crippen LogP contribution is -2.04. The lowest BCUT2D eigenvalue weighted by molar-refractivity contribution is 0.279. The summed E-state index contributed by atoms with van der Waals surface area (Å²) in [6, 6.07) is 8.23. The van der Waals surface area contributed by atoms with Gasteiger partial charge in [0.05, 0.1) is 6.61 Å². The van der Waals surface area contributed by atoms with Gasteiger partial charge in [-0.15, -0.1) is 0 Å². The molecule has 0 unspecified atom stereocenters. The van der Waals surface area contributed by atoms with E-state index in [1.165, 1.54) is 22.0 Å². The van der Waals surface area contributed by atoms with Crippen molar-refractivity contribution in [2.24, 2.45) is 5.92 Å². The van der Waals surface area contributed by atoms with Crippen molar-refractivity contribution in [3.63, 3.8) is 0 Å². The van der Waals surface area contributed by atoms with E-state index in [0.29, 0.717) is 0 Å². The molecule has 0 heterocycles. The Hall–Kier alpha value is -0.510. The zero-order chi connectivity index (χ0) is 13.4. The molecule has 1 nitrogen and oxygen atoms in total. The van der Waals surface area contributed by atoms with Crippen LogP contribution in [0, 0.1) is 9.49 Å². The van der Waals surface area contributed by atoms with Crippen molar-refractivity contribution >= 4 is 22.6 Å². The standard InChI is InChI=1S/C16H23IO/c1-13(2)5-4-6-14(3)11-12-18-16-9-7-15(17)8-10-16/h5,7-10,14H,4,6,11-12H2,1-3H3/t14-/m0/s1. The summed E-state index contributed by atoms with van der Waals surface area (Å²) in [5, 5.41) is 0. The van der Waals surface area contributed by atoms with Crippen LogP contribution in [0.5, 0.6) is 5.75 Å². The van der Waals surface area contributed by atoms with E-state index in [2.05, 4.69) is 61.6 Å². The minimum absolute atomic E-state index is 0.726. The molecule has 0 spiro atoms. The smallest absolute Gasteiger partial charge is 0.119 e. The Balaban J connectivity index is 2.17. The Morgan fingerprint density at radius 3 is 2.50 bits per heavy atom. The highest BCUT2D eigenvalue weighted by atomic mass is 127. The van der Waals surface area contributed by atoms with E-state index < -0.39 is 0 Å². The monoisotopic (exact) mass is 358 g/mol. The van der Waals surface area contributed by atoms with Crippen molar-refractivity contribution in [2.45, 2.75) is 40.0 Å².